The number of thiazole rings is 1. The van der Waals surface area contributed by atoms with Gasteiger partial charge in [0.2, 0.25) is 0 Å². The van der Waals surface area contributed by atoms with Gasteiger partial charge in [0, 0.05) is 0 Å². The van der Waals surface area contributed by atoms with Gasteiger partial charge >= 0.3 is 158 Å². The van der Waals surface area contributed by atoms with E-state index in [1.54, 1.807) is 21.2 Å². The first-order valence-corrected chi connectivity index (χ1v) is 12.6. The van der Waals surface area contributed by atoms with Crippen LogP contribution in [-0.2, 0) is 10.3 Å². The summed E-state index contributed by atoms with van der Waals surface area (Å²) in [4.78, 5) is 16.0. The van der Waals surface area contributed by atoms with Gasteiger partial charge < -0.3 is 0 Å². The minimum absolute atomic E-state index is 0.157. The summed E-state index contributed by atoms with van der Waals surface area (Å²) >= 11 is 0.866. The third-order valence-electron chi connectivity index (χ3n) is 4.79. The Hall–Kier alpha value is -1.97. The van der Waals surface area contributed by atoms with Gasteiger partial charge in [-0.2, -0.15) is 0 Å². The van der Waals surface area contributed by atoms with Gasteiger partial charge in [-0.25, -0.2) is 0 Å². The first kappa shape index (κ1) is 20.0. The Kier molecular flexibility index (Phi) is 4.68. The first-order chi connectivity index (χ1) is 14.2. The third kappa shape index (κ3) is 3.52. The van der Waals surface area contributed by atoms with Crippen molar-refractivity contribution in [2.75, 3.05) is 4.93 Å². The molecule has 1 fully saturated rings. The molecule has 1 N–H and O–H groups in total. The molecule has 0 saturated heterocycles. The number of hydrogen-bond donors (Lipinski definition) is 1. The van der Waals surface area contributed by atoms with E-state index in [0.717, 1.165) is 22.5 Å². The van der Waals surface area contributed by atoms with Gasteiger partial charge in [-0.1, -0.05) is 0 Å². The molecule has 0 unspecified atom stereocenters. The summed E-state index contributed by atoms with van der Waals surface area (Å²) in [6, 6.07) is 5.41. The molecule has 13 heteroatoms. The van der Waals surface area contributed by atoms with Gasteiger partial charge in [0.05, 0.1) is 6.10 Å². The summed E-state index contributed by atoms with van der Waals surface area (Å²) in [6.07, 6.45) is -4.39. The van der Waals surface area contributed by atoms with E-state index in [9.17, 15) is 18.3 Å². The number of aliphatic hydroxyl groups is 1. The summed E-state index contributed by atoms with van der Waals surface area (Å²) in [6.45, 7) is 0. The fourth-order valence-electron chi connectivity index (χ4n) is 3.36. The van der Waals surface area contributed by atoms with E-state index in [2.05, 4.69) is 34.9 Å². The van der Waals surface area contributed by atoms with Gasteiger partial charge in [0.15, 0.2) is 0 Å². The average Bonchev–Trinajstić information content (AvgIpc) is 3.28. The quantitative estimate of drug-likeness (QED) is 0.280. The van der Waals surface area contributed by atoms with Crippen LogP contribution in [0.3, 0.4) is 0 Å². The van der Waals surface area contributed by atoms with Crippen molar-refractivity contribution >= 4 is 32.8 Å². The van der Waals surface area contributed by atoms with Crippen LogP contribution >= 0.6 is 11.3 Å². The topological polar surface area (TPSA) is 98.8 Å². The molecule has 158 valence electrons. The SMILES string of the molecule is C[I-]n1nnc2cc(-c3ccc4nc(C5(O)CC(OC(F)(F)F)C5)sc4n3)cnc21. The number of pyridine rings is 2. The maximum atomic E-state index is 12.3. The number of aromatic nitrogens is 6. The van der Waals surface area contributed by atoms with Crippen LogP contribution in [0.25, 0.3) is 32.8 Å². The average molecular weight is 549 g/mol. The zero-order valence-corrected chi connectivity index (χ0v) is 18.2. The molecule has 0 spiro atoms. The maximum absolute atomic E-state index is 12.3. The number of hydrogen-bond acceptors (Lipinski definition) is 8. The van der Waals surface area contributed by atoms with E-state index >= 15 is 0 Å². The number of rotatable bonds is 4. The van der Waals surface area contributed by atoms with Crippen molar-refractivity contribution in [3.63, 3.8) is 0 Å². The Morgan fingerprint density at radius 1 is 1.27 bits per heavy atom. The van der Waals surface area contributed by atoms with Crippen LogP contribution in [0.5, 0.6) is 0 Å². The number of fused-ring (bicyclic) bond motifs is 2. The minimum atomic E-state index is -4.71. The molecular formula is C17H13F3IN6O2S-. The Bertz CT molecular complexity index is 1250. The summed E-state index contributed by atoms with van der Waals surface area (Å²) in [5.41, 5.74) is 1.99. The zero-order chi connectivity index (χ0) is 21.1. The summed E-state index contributed by atoms with van der Waals surface area (Å²) < 4.78 is 42.8. The fraction of sp³-hybridized carbons (Fsp3) is 0.353. The van der Waals surface area contributed by atoms with E-state index in [-0.39, 0.29) is 34.3 Å². The molecule has 30 heavy (non-hydrogen) atoms. The van der Waals surface area contributed by atoms with Crippen LogP contribution in [0, 0.1) is 0 Å². The Morgan fingerprint density at radius 2 is 2.07 bits per heavy atom. The molecule has 0 amide bonds. The molecule has 4 aromatic heterocycles. The second-order valence-corrected chi connectivity index (χ2v) is 9.71. The van der Waals surface area contributed by atoms with E-state index < -0.39 is 18.1 Å². The van der Waals surface area contributed by atoms with Crippen LogP contribution in [0.2, 0.25) is 0 Å². The second-order valence-electron chi connectivity index (χ2n) is 6.85. The predicted molar refractivity (Wildman–Crippen MR) is 97.1 cm³/mol. The van der Waals surface area contributed by atoms with Crippen LogP contribution in [0.15, 0.2) is 24.4 Å². The number of halogens is 4. The Balaban J connectivity index is 1.42. The van der Waals surface area contributed by atoms with Gasteiger partial charge in [-0.05, 0) is 0 Å². The monoisotopic (exact) mass is 549 g/mol. The third-order valence-corrected chi connectivity index (χ3v) is 7.52. The molecule has 1 saturated carbocycles. The predicted octanol–water partition coefficient (Wildman–Crippen LogP) is -0.134. The fourth-order valence-corrected chi connectivity index (χ4v) is 5.53. The number of nitrogens with zero attached hydrogens (tertiary/aromatic N) is 6. The zero-order valence-electron chi connectivity index (χ0n) is 15.3. The Labute approximate surface area is 181 Å². The van der Waals surface area contributed by atoms with E-state index in [1.807, 2.05) is 6.07 Å². The van der Waals surface area contributed by atoms with Gasteiger partial charge in [-0.15, -0.1) is 13.2 Å². The van der Waals surface area contributed by atoms with Crippen molar-refractivity contribution in [1.82, 2.24) is 28.2 Å². The molecular weight excluding hydrogens is 536 g/mol. The molecule has 0 aromatic carbocycles. The van der Waals surface area contributed by atoms with Crippen molar-refractivity contribution < 1.29 is 44.5 Å². The van der Waals surface area contributed by atoms with Gasteiger partial charge in [-0.3, -0.25) is 4.74 Å². The summed E-state index contributed by atoms with van der Waals surface area (Å²) in [7, 11) is 0. The first-order valence-electron chi connectivity index (χ1n) is 8.71. The van der Waals surface area contributed by atoms with Gasteiger partial charge in [0.1, 0.15) is 0 Å². The van der Waals surface area contributed by atoms with Crippen molar-refractivity contribution in [1.29, 1.82) is 0 Å². The van der Waals surface area contributed by atoms with Crippen LogP contribution in [0.1, 0.15) is 17.8 Å². The van der Waals surface area contributed by atoms with Gasteiger partial charge in [0.25, 0.3) is 0 Å². The molecule has 0 radical (unpaired) electrons. The molecule has 1 aliphatic rings. The van der Waals surface area contributed by atoms with Crippen molar-refractivity contribution in [3.8, 4) is 11.3 Å². The molecule has 0 atom stereocenters. The van der Waals surface area contributed by atoms with Crippen molar-refractivity contribution in [3.05, 3.63) is 29.4 Å². The number of ether oxygens (including phenoxy) is 1. The summed E-state index contributed by atoms with van der Waals surface area (Å²) in [5.74, 6) is 0. The van der Waals surface area contributed by atoms with Crippen molar-refractivity contribution in [2.24, 2.45) is 0 Å². The molecule has 1 aliphatic carbocycles. The standard InChI is InChI=1S/C17H13F3IN6O2S/c1-21-27-13-12(25-26-27)4-8(7-22-13)10-2-3-11-14(23-10)30-15(24-11)16(28)5-9(6-16)29-17(18,19)20/h2-4,7,9,28H,5-6H2,1H3/q-1. The molecule has 5 rings (SSSR count). The normalized spacial score (nSPS) is 22.1. The molecule has 4 heterocycles. The second kappa shape index (κ2) is 7.03. The molecule has 0 aliphatic heterocycles. The van der Waals surface area contributed by atoms with E-state index in [0.29, 0.717) is 26.6 Å². The van der Waals surface area contributed by atoms with Crippen LogP contribution in [0.4, 0.5) is 13.2 Å². The van der Waals surface area contributed by atoms with Crippen LogP contribution < -0.4 is 21.5 Å². The van der Waals surface area contributed by atoms with E-state index in [1.165, 1.54) is 0 Å². The molecule has 8 nitrogen and oxygen atoms in total. The van der Waals surface area contributed by atoms with Crippen molar-refractivity contribution in [2.45, 2.75) is 30.9 Å². The number of alkyl halides is 4. The Morgan fingerprint density at radius 3 is 2.80 bits per heavy atom. The molecule has 0 bridgehead atoms. The molecule has 4 aromatic rings. The van der Waals surface area contributed by atoms with E-state index in [4.69, 9.17) is 0 Å². The summed E-state index contributed by atoms with van der Waals surface area (Å²) in [5, 5.41) is 19.2. The van der Waals surface area contributed by atoms with Crippen LogP contribution in [-0.4, -0.2) is 50.7 Å².